The SMILES string of the molecule is COc1ccccc1-c1ccccc1NS(=O)(=O)c1ccc(C)cc1. The number of hydrogen-bond donors (Lipinski definition) is 1. The number of benzene rings is 3. The highest BCUT2D eigenvalue weighted by Crippen LogP contribution is 2.35. The molecule has 0 amide bonds. The Balaban J connectivity index is 2.03. The minimum atomic E-state index is -3.67. The second-order valence-corrected chi connectivity index (χ2v) is 7.35. The van der Waals surface area contributed by atoms with Crippen molar-refractivity contribution in [2.24, 2.45) is 0 Å². The van der Waals surface area contributed by atoms with Crippen LogP contribution < -0.4 is 9.46 Å². The lowest BCUT2D eigenvalue weighted by Gasteiger charge is -2.15. The quantitative estimate of drug-likeness (QED) is 0.736. The van der Waals surface area contributed by atoms with Crippen LogP contribution in [0.25, 0.3) is 11.1 Å². The number of hydrogen-bond acceptors (Lipinski definition) is 3. The topological polar surface area (TPSA) is 55.4 Å². The van der Waals surface area contributed by atoms with E-state index >= 15 is 0 Å². The summed E-state index contributed by atoms with van der Waals surface area (Å²) in [6.07, 6.45) is 0. The second kappa shape index (κ2) is 6.99. The van der Waals surface area contributed by atoms with E-state index in [9.17, 15) is 8.42 Å². The van der Waals surface area contributed by atoms with Gasteiger partial charge in [-0.3, -0.25) is 4.72 Å². The minimum absolute atomic E-state index is 0.230. The molecular weight excluding hydrogens is 334 g/mol. The zero-order valence-corrected chi connectivity index (χ0v) is 14.9. The molecule has 0 spiro atoms. The molecule has 3 rings (SSSR count). The van der Waals surface area contributed by atoms with E-state index in [2.05, 4.69) is 4.72 Å². The second-order valence-electron chi connectivity index (χ2n) is 5.66. The van der Waals surface area contributed by atoms with E-state index in [0.717, 1.165) is 16.7 Å². The first kappa shape index (κ1) is 17.0. The van der Waals surface area contributed by atoms with Gasteiger partial charge in [0.25, 0.3) is 10.0 Å². The molecule has 0 aliphatic rings. The number of rotatable bonds is 5. The molecule has 0 radical (unpaired) electrons. The first-order valence-electron chi connectivity index (χ1n) is 7.83. The third-order valence-electron chi connectivity index (χ3n) is 3.90. The van der Waals surface area contributed by atoms with Crippen molar-refractivity contribution in [3.05, 3.63) is 78.4 Å². The van der Waals surface area contributed by atoms with Crippen LogP contribution in [0.3, 0.4) is 0 Å². The highest BCUT2D eigenvalue weighted by Gasteiger charge is 2.17. The summed E-state index contributed by atoms with van der Waals surface area (Å²) in [6.45, 7) is 1.92. The third kappa shape index (κ3) is 3.67. The van der Waals surface area contributed by atoms with Crippen molar-refractivity contribution in [3.63, 3.8) is 0 Å². The normalized spacial score (nSPS) is 11.1. The van der Waals surface area contributed by atoms with Gasteiger partial charge >= 0.3 is 0 Å². The number of ether oxygens (including phenoxy) is 1. The molecule has 0 heterocycles. The molecule has 0 atom stereocenters. The number of nitrogens with one attached hydrogen (secondary N) is 1. The number of sulfonamides is 1. The molecule has 0 fully saturated rings. The summed E-state index contributed by atoms with van der Waals surface area (Å²) in [6, 6.07) is 21.5. The Bertz CT molecular complexity index is 980. The Morgan fingerprint density at radius 2 is 1.40 bits per heavy atom. The van der Waals surface area contributed by atoms with Crippen LogP contribution in [0.2, 0.25) is 0 Å². The zero-order chi connectivity index (χ0) is 17.9. The Kier molecular flexibility index (Phi) is 4.76. The van der Waals surface area contributed by atoms with Crippen LogP contribution >= 0.6 is 0 Å². The van der Waals surface area contributed by atoms with Gasteiger partial charge in [-0.1, -0.05) is 54.1 Å². The van der Waals surface area contributed by atoms with E-state index in [4.69, 9.17) is 4.74 Å². The molecular formula is C20H19NO3S. The van der Waals surface area contributed by atoms with Gasteiger partial charge in [-0.25, -0.2) is 8.42 Å². The molecule has 0 unspecified atom stereocenters. The Morgan fingerprint density at radius 3 is 2.08 bits per heavy atom. The van der Waals surface area contributed by atoms with Crippen LogP contribution in [0.4, 0.5) is 5.69 Å². The minimum Gasteiger partial charge on any atom is -0.496 e. The Morgan fingerprint density at radius 1 is 0.800 bits per heavy atom. The van der Waals surface area contributed by atoms with Gasteiger partial charge < -0.3 is 4.74 Å². The van der Waals surface area contributed by atoms with Gasteiger partial charge in [0.15, 0.2) is 0 Å². The molecule has 0 aliphatic carbocycles. The summed E-state index contributed by atoms with van der Waals surface area (Å²) in [5.41, 5.74) is 3.10. The summed E-state index contributed by atoms with van der Waals surface area (Å²) in [5, 5.41) is 0. The maximum Gasteiger partial charge on any atom is 0.261 e. The molecule has 0 saturated carbocycles. The molecule has 128 valence electrons. The third-order valence-corrected chi connectivity index (χ3v) is 5.28. The maximum absolute atomic E-state index is 12.7. The van der Waals surface area contributed by atoms with Crippen molar-refractivity contribution >= 4 is 15.7 Å². The monoisotopic (exact) mass is 353 g/mol. The van der Waals surface area contributed by atoms with Crippen molar-refractivity contribution < 1.29 is 13.2 Å². The Labute approximate surface area is 148 Å². The van der Waals surface area contributed by atoms with Crippen molar-refractivity contribution in [2.75, 3.05) is 11.8 Å². The fourth-order valence-corrected chi connectivity index (χ4v) is 3.67. The molecule has 5 heteroatoms. The van der Waals surface area contributed by atoms with Crippen molar-refractivity contribution in [3.8, 4) is 16.9 Å². The van der Waals surface area contributed by atoms with Crippen molar-refractivity contribution in [1.82, 2.24) is 0 Å². The average Bonchev–Trinajstić information content (AvgIpc) is 2.62. The highest BCUT2D eigenvalue weighted by atomic mass is 32.2. The molecule has 1 N–H and O–H groups in total. The summed E-state index contributed by atoms with van der Waals surface area (Å²) in [5.74, 6) is 0.685. The number of methoxy groups -OCH3 is 1. The molecule has 0 bridgehead atoms. The molecule has 0 saturated heterocycles. The lowest BCUT2D eigenvalue weighted by Crippen LogP contribution is -2.13. The van der Waals surface area contributed by atoms with Crippen LogP contribution in [-0.2, 0) is 10.0 Å². The van der Waals surface area contributed by atoms with Crippen LogP contribution in [-0.4, -0.2) is 15.5 Å². The molecule has 0 aromatic heterocycles. The lowest BCUT2D eigenvalue weighted by molar-refractivity contribution is 0.416. The van der Waals surface area contributed by atoms with E-state index in [0.29, 0.717) is 11.4 Å². The molecule has 25 heavy (non-hydrogen) atoms. The fourth-order valence-electron chi connectivity index (χ4n) is 2.60. The standard InChI is InChI=1S/C20H19NO3S/c1-15-11-13-16(14-12-15)25(22,23)21-19-9-5-3-7-17(19)18-8-4-6-10-20(18)24-2/h3-14,21H,1-2H3. The summed E-state index contributed by atoms with van der Waals surface area (Å²) >= 11 is 0. The first-order valence-corrected chi connectivity index (χ1v) is 9.31. The van der Waals surface area contributed by atoms with E-state index in [1.54, 1.807) is 43.5 Å². The zero-order valence-electron chi connectivity index (χ0n) is 14.1. The van der Waals surface area contributed by atoms with Crippen LogP contribution in [0.15, 0.2) is 77.7 Å². The van der Waals surface area contributed by atoms with Gasteiger partial charge in [0, 0.05) is 11.1 Å². The summed E-state index contributed by atoms with van der Waals surface area (Å²) in [4.78, 5) is 0.230. The Hall–Kier alpha value is -2.79. The van der Waals surface area contributed by atoms with Crippen LogP contribution in [0.5, 0.6) is 5.75 Å². The van der Waals surface area contributed by atoms with Gasteiger partial charge in [-0.05, 0) is 31.2 Å². The fraction of sp³-hybridized carbons (Fsp3) is 0.100. The molecule has 4 nitrogen and oxygen atoms in total. The van der Waals surface area contributed by atoms with Gasteiger partial charge in [0.1, 0.15) is 5.75 Å². The number of para-hydroxylation sites is 2. The summed E-state index contributed by atoms with van der Waals surface area (Å²) in [7, 11) is -2.08. The molecule has 3 aromatic rings. The largest absolute Gasteiger partial charge is 0.496 e. The predicted molar refractivity (Wildman–Crippen MR) is 100 cm³/mol. The first-order chi connectivity index (χ1) is 12.0. The van der Waals surface area contributed by atoms with Gasteiger partial charge in [-0.2, -0.15) is 0 Å². The van der Waals surface area contributed by atoms with Crippen LogP contribution in [0.1, 0.15) is 5.56 Å². The van der Waals surface area contributed by atoms with E-state index < -0.39 is 10.0 Å². The van der Waals surface area contributed by atoms with Gasteiger partial charge in [0.2, 0.25) is 0 Å². The number of aryl methyl sites for hydroxylation is 1. The smallest absolute Gasteiger partial charge is 0.261 e. The average molecular weight is 353 g/mol. The van der Waals surface area contributed by atoms with E-state index in [1.165, 1.54) is 0 Å². The van der Waals surface area contributed by atoms with Crippen molar-refractivity contribution in [2.45, 2.75) is 11.8 Å². The predicted octanol–water partition coefficient (Wildman–Crippen LogP) is 4.47. The van der Waals surface area contributed by atoms with Crippen LogP contribution in [0, 0.1) is 6.92 Å². The van der Waals surface area contributed by atoms with E-state index in [1.807, 2.05) is 43.3 Å². The van der Waals surface area contributed by atoms with Crippen molar-refractivity contribution in [1.29, 1.82) is 0 Å². The number of anilines is 1. The highest BCUT2D eigenvalue weighted by molar-refractivity contribution is 7.92. The van der Waals surface area contributed by atoms with Gasteiger partial charge in [-0.15, -0.1) is 0 Å². The maximum atomic E-state index is 12.7. The molecule has 3 aromatic carbocycles. The van der Waals surface area contributed by atoms with E-state index in [-0.39, 0.29) is 4.90 Å². The summed E-state index contributed by atoms with van der Waals surface area (Å²) < 4.78 is 33.5. The lowest BCUT2D eigenvalue weighted by atomic mass is 10.0. The molecule has 0 aliphatic heterocycles. The van der Waals surface area contributed by atoms with Gasteiger partial charge in [0.05, 0.1) is 17.7 Å².